The molecule has 0 aliphatic carbocycles. The monoisotopic (exact) mass is 728 g/mol. The van der Waals surface area contributed by atoms with Gasteiger partial charge in [0.1, 0.15) is 32.2 Å². The van der Waals surface area contributed by atoms with Crippen molar-refractivity contribution >= 4 is 35.4 Å². The number of carbonyl (C=O) groups is 6. The minimum Gasteiger partial charge on any atom is -0.462 e. The molecule has 0 aromatic heterocycles. The van der Waals surface area contributed by atoms with Crippen LogP contribution in [0.2, 0.25) is 0 Å². The topological polar surface area (TPSA) is 139 Å². The molecule has 0 aromatic rings. The third kappa shape index (κ3) is 35.1. The molecule has 0 N–H and O–H groups in total. The van der Waals surface area contributed by atoms with Crippen LogP contribution >= 0.6 is 0 Å². The van der Waals surface area contributed by atoms with Crippen molar-refractivity contribution in [3.8, 4) is 0 Å². The second-order valence-electron chi connectivity index (χ2n) is 11.5. The Morgan fingerprint density at radius 1 is 0.391 bits per heavy atom. The normalized spacial score (nSPS) is 10.5. The zero-order valence-electron chi connectivity index (χ0n) is 28.5. The smallest absolute Gasteiger partial charge is 0.305 e. The van der Waals surface area contributed by atoms with Gasteiger partial charge in [-0.3, -0.25) is 24.0 Å². The summed E-state index contributed by atoms with van der Waals surface area (Å²) in [5.74, 6) is -1.15. The summed E-state index contributed by atoms with van der Waals surface area (Å²) in [6, 6.07) is 0. The van der Waals surface area contributed by atoms with Gasteiger partial charge in [0.25, 0.3) is 0 Å². The van der Waals surface area contributed by atoms with E-state index in [1.54, 1.807) is 0 Å². The third-order valence-corrected chi connectivity index (χ3v) is 7.21. The van der Waals surface area contributed by atoms with E-state index >= 15 is 0 Å². The van der Waals surface area contributed by atoms with Gasteiger partial charge >= 0.3 is 23.9 Å². The standard InChI is InChI=1S/C35H59O10.Y/c1-3-4-5-6-7-14-22-32(38)42-26-27-43-34(40)24-16-11-9-13-20-31(37)21-17-18-25-35(41)45-29-28-44-33(39)23-15-10-8-12-19-30(2)36;/h2-29H2,1H3;/q-1;. The number of carbonyl (C=O) groups excluding carboxylic acids is 6. The molecule has 0 spiro atoms. The molecule has 0 saturated carbocycles. The van der Waals surface area contributed by atoms with Crippen molar-refractivity contribution in [2.24, 2.45) is 0 Å². The molecule has 46 heavy (non-hydrogen) atoms. The van der Waals surface area contributed by atoms with E-state index in [9.17, 15) is 28.8 Å². The fourth-order valence-corrected chi connectivity index (χ4v) is 4.57. The molecule has 0 atom stereocenters. The number of ketones is 2. The minimum atomic E-state index is -0.374. The van der Waals surface area contributed by atoms with Crippen molar-refractivity contribution in [2.45, 2.75) is 155 Å². The van der Waals surface area contributed by atoms with Crippen LogP contribution in [0.1, 0.15) is 155 Å². The first-order chi connectivity index (χ1) is 21.7. The van der Waals surface area contributed by atoms with Gasteiger partial charge in [0.05, 0.1) is 0 Å². The summed E-state index contributed by atoms with van der Waals surface area (Å²) in [6.45, 7) is 5.70. The van der Waals surface area contributed by atoms with Crippen molar-refractivity contribution in [1.82, 2.24) is 0 Å². The molecule has 0 bridgehead atoms. The molecule has 0 unspecified atom stereocenters. The molecule has 0 rings (SSSR count). The summed E-state index contributed by atoms with van der Waals surface area (Å²) in [7, 11) is 0. The van der Waals surface area contributed by atoms with Gasteiger partial charge in [0.15, 0.2) is 0 Å². The van der Waals surface area contributed by atoms with Crippen LogP contribution in [-0.2, 0) is 80.4 Å². The molecule has 263 valence electrons. The second kappa shape index (κ2) is 34.5. The predicted octanol–water partition coefficient (Wildman–Crippen LogP) is 7.12. The van der Waals surface area contributed by atoms with Crippen LogP contribution in [0.5, 0.6) is 0 Å². The van der Waals surface area contributed by atoms with Crippen LogP contribution < -0.4 is 0 Å². The van der Waals surface area contributed by atoms with Gasteiger partial charge in [0.2, 0.25) is 0 Å². The largest absolute Gasteiger partial charge is 0.462 e. The van der Waals surface area contributed by atoms with Crippen LogP contribution in [0.25, 0.3) is 0 Å². The van der Waals surface area contributed by atoms with Gasteiger partial charge in [-0.2, -0.15) is 0 Å². The van der Waals surface area contributed by atoms with Crippen LogP contribution in [0.3, 0.4) is 0 Å². The van der Waals surface area contributed by atoms with Gasteiger partial charge in [-0.15, -0.1) is 0 Å². The van der Waals surface area contributed by atoms with Crippen molar-refractivity contribution in [1.29, 1.82) is 0 Å². The van der Waals surface area contributed by atoms with Crippen molar-refractivity contribution in [3.05, 3.63) is 6.92 Å². The van der Waals surface area contributed by atoms with E-state index in [4.69, 9.17) is 18.9 Å². The molecule has 10 nitrogen and oxygen atoms in total. The number of hydrogen-bond acceptors (Lipinski definition) is 10. The van der Waals surface area contributed by atoms with E-state index in [2.05, 4.69) is 13.8 Å². The first-order valence-corrected chi connectivity index (χ1v) is 17.2. The van der Waals surface area contributed by atoms with E-state index in [0.717, 1.165) is 57.8 Å². The number of unbranched alkanes of at least 4 members (excludes halogenated alkanes) is 12. The number of Topliss-reactive ketones (excluding diaryl/α,β-unsaturated/α-hetero) is 2. The van der Waals surface area contributed by atoms with Crippen molar-refractivity contribution in [2.75, 3.05) is 26.4 Å². The molecular weight excluding hydrogens is 669 g/mol. The van der Waals surface area contributed by atoms with Crippen LogP contribution in [0.4, 0.5) is 0 Å². The van der Waals surface area contributed by atoms with Gasteiger partial charge in [0, 0.05) is 71.2 Å². The Hall–Kier alpha value is -1.81. The minimum absolute atomic E-state index is 0. The molecule has 0 heterocycles. The van der Waals surface area contributed by atoms with Crippen molar-refractivity contribution < 1.29 is 80.4 Å². The zero-order valence-corrected chi connectivity index (χ0v) is 31.3. The Labute approximate surface area is 302 Å². The van der Waals surface area contributed by atoms with E-state index in [1.165, 1.54) is 19.3 Å². The van der Waals surface area contributed by atoms with Gasteiger partial charge in [-0.25, -0.2) is 0 Å². The molecule has 0 saturated heterocycles. The summed E-state index contributed by atoms with van der Waals surface area (Å²) < 4.78 is 20.3. The Morgan fingerprint density at radius 3 is 1.00 bits per heavy atom. The van der Waals surface area contributed by atoms with Gasteiger partial charge < -0.3 is 30.7 Å². The number of esters is 4. The average molecular weight is 729 g/mol. The molecule has 0 fully saturated rings. The first-order valence-electron chi connectivity index (χ1n) is 17.2. The Bertz CT molecular complexity index is 830. The quantitative estimate of drug-likeness (QED) is 0.0305. The number of hydrogen-bond donors (Lipinski definition) is 0. The van der Waals surface area contributed by atoms with E-state index in [0.29, 0.717) is 64.2 Å². The summed E-state index contributed by atoms with van der Waals surface area (Å²) in [4.78, 5) is 69.8. The maximum absolute atomic E-state index is 12.1. The summed E-state index contributed by atoms with van der Waals surface area (Å²) >= 11 is 0. The molecule has 0 amide bonds. The molecule has 11 heteroatoms. The van der Waals surface area contributed by atoms with E-state index in [1.807, 2.05) is 0 Å². The van der Waals surface area contributed by atoms with Crippen molar-refractivity contribution in [3.63, 3.8) is 0 Å². The molecule has 0 aliphatic heterocycles. The third-order valence-electron chi connectivity index (χ3n) is 7.21. The second-order valence-corrected chi connectivity index (χ2v) is 11.5. The summed E-state index contributed by atoms with van der Waals surface area (Å²) in [5.41, 5.74) is 0. The van der Waals surface area contributed by atoms with Crippen LogP contribution in [0, 0.1) is 6.92 Å². The Kier molecular flexibility index (Phi) is 34.8. The number of rotatable bonds is 32. The fraction of sp³-hybridized carbons (Fsp3) is 0.800. The maximum atomic E-state index is 12.1. The summed E-state index contributed by atoms with van der Waals surface area (Å²) in [5, 5.41) is 0. The zero-order chi connectivity index (χ0) is 33.4. The average Bonchev–Trinajstić information content (AvgIpc) is 3.00. The summed E-state index contributed by atoms with van der Waals surface area (Å²) in [6.07, 6.45) is 16.8. The Morgan fingerprint density at radius 2 is 0.652 bits per heavy atom. The number of ether oxygens (including phenoxy) is 4. The van der Waals surface area contributed by atoms with Crippen LogP contribution in [-0.4, -0.2) is 61.9 Å². The van der Waals surface area contributed by atoms with E-state index < -0.39 is 0 Å². The molecule has 0 aliphatic rings. The molecule has 1 radical (unpaired) electrons. The van der Waals surface area contributed by atoms with Gasteiger partial charge in [-0.05, 0) is 57.1 Å². The molecular formula is C35H59O10Y-. The predicted molar refractivity (Wildman–Crippen MR) is 171 cm³/mol. The SMILES string of the molecule is [CH2-]C(=O)CCCCCCC(=O)OCCOC(=O)CCCCC(=O)CCCCCCC(=O)OCCOC(=O)CCCCCCCC.[Y]. The van der Waals surface area contributed by atoms with Crippen LogP contribution in [0.15, 0.2) is 0 Å². The fourth-order valence-electron chi connectivity index (χ4n) is 4.57. The Balaban J connectivity index is 0. The maximum Gasteiger partial charge on any atom is 0.305 e. The molecule has 0 aromatic carbocycles. The van der Waals surface area contributed by atoms with Gasteiger partial charge in [-0.1, -0.05) is 64.7 Å². The van der Waals surface area contributed by atoms with E-state index in [-0.39, 0.29) is 101 Å². The first kappa shape index (κ1) is 46.3.